The molecular formula is C18H23NO2. The van der Waals surface area contributed by atoms with Crippen molar-refractivity contribution in [1.82, 2.24) is 4.90 Å². The van der Waals surface area contributed by atoms with Crippen LogP contribution in [0.3, 0.4) is 0 Å². The first-order valence-corrected chi connectivity index (χ1v) is 7.61. The molecule has 0 N–H and O–H groups in total. The first-order valence-electron chi connectivity index (χ1n) is 7.61. The maximum atomic E-state index is 12.2. The molecule has 21 heavy (non-hydrogen) atoms. The minimum atomic E-state index is -0.179. The summed E-state index contributed by atoms with van der Waals surface area (Å²) in [6, 6.07) is 7.02. The quantitative estimate of drug-likeness (QED) is 0.584. The molecule has 0 saturated heterocycles. The molecular weight excluding hydrogens is 262 g/mol. The minimum Gasteiger partial charge on any atom is -0.270 e. The summed E-state index contributed by atoms with van der Waals surface area (Å²) in [5.41, 5.74) is 2.29. The Morgan fingerprint density at radius 1 is 1.14 bits per heavy atom. The van der Waals surface area contributed by atoms with Crippen molar-refractivity contribution in [1.29, 1.82) is 0 Å². The van der Waals surface area contributed by atoms with Gasteiger partial charge in [-0.3, -0.25) is 14.5 Å². The van der Waals surface area contributed by atoms with Crippen molar-refractivity contribution in [3.63, 3.8) is 0 Å². The van der Waals surface area contributed by atoms with Gasteiger partial charge in [0.25, 0.3) is 11.8 Å². The molecule has 2 rings (SSSR count). The molecule has 0 fully saturated rings. The van der Waals surface area contributed by atoms with E-state index in [2.05, 4.69) is 20.8 Å². The predicted octanol–water partition coefficient (Wildman–Crippen LogP) is 4.06. The molecule has 3 nitrogen and oxygen atoms in total. The van der Waals surface area contributed by atoms with Crippen molar-refractivity contribution in [3.8, 4) is 0 Å². The van der Waals surface area contributed by atoms with Gasteiger partial charge in [-0.05, 0) is 37.8 Å². The summed E-state index contributed by atoms with van der Waals surface area (Å²) < 4.78 is 0. The topological polar surface area (TPSA) is 37.4 Å². The van der Waals surface area contributed by atoms with E-state index in [0.717, 1.165) is 12.8 Å². The molecule has 0 spiro atoms. The second-order valence-corrected chi connectivity index (χ2v) is 6.10. The summed E-state index contributed by atoms with van der Waals surface area (Å²) >= 11 is 0. The van der Waals surface area contributed by atoms with Gasteiger partial charge in [0.15, 0.2) is 0 Å². The second-order valence-electron chi connectivity index (χ2n) is 6.10. The second kappa shape index (κ2) is 6.70. The van der Waals surface area contributed by atoms with Crippen LogP contribution in [0.25, 0.3) is 0 Å². The lowest BCUT2D eigenvalue weighted by Crippen LogP contribution is -2.29. The highest BCUT2D eigenvalue weighted by atomic mass is 16.2. The summed E-state index contributed by atoms with van der Waals surface area (Å²) in [6.07, 6.45) is 5.39. The van der Waals surface area contributed by atoms with Crippen molar-refractivity contribution >= 4 is 11.8 Å². The number of imide groups is 1. The minimum absolute atomic E-state index is 0.179. The predicted molar refractivity (Wildman–Crippen MR) is 84.3 cm³/mol. The summed E-state index contributed by atoms with van der Waals surface area (Å²) in [5.74, 6) is 0.359. The Balaban J connectivity index is 1.96. The molecule has 3 heteroatoms. The molecule has 0 aromatic heterocycles. The summed E-state index contributed by atoms with van der Waals surface area (Å²) in [4.78, 5) is 25.7. The summed E-state index contributed by atoms with van der Waals surface area (Å²) in [6.45, 7) is 6.88. The number of carbonyl (C=O) groups is 2. The molecule has 0 unspecified atom stereocenters. The Morgan fingerprint density at radius 2 is 1.71 bits per heavy atom. The van der Waals surface area contributed by atoms with E-state index in [0.29, 0.717) is 23.6 Å². The van der Waals surface area contributed by atoms with Crippen LogP contribution in [0.5, 0.6) is 0 Å². The SMILES string of the molecule is CC(=CCN1C(=O)c2ccccc2C1=O)CCCC(C)C. The first kappa shape index (κ1) is 15.5. The number of hydrogen-bond donors (Lipinski definition) is 0. The smallest absolute Gasteiger partial charge is 0.261 e. The normalized spacial score (nSPS) is 15.0. The van der Waals surface area contributed by atoms with E-state index in [1.165, 1.54) is 16.9 Å². The van der Waals surface area contributed by atoms with Gasteiger partial charge in [0.1, 0.15) is 0 Å². The zero-order valence-corrected chi connectivity index (χ0v) is 13.1. The molecule has 1 aromatic carbocycles. The lowest BCUT2D eigenvalue weighted by atomic mass is 10.0. The third kappa shape index (κ3) is 3.60. The van der Waals surface area contributed by atoms with Crippen LogP contribution in [-0.2, 0) is 0 Å². The Bertz CT molecular complexity index is 537. The van der Waals surface area contributed by atoms with Crippen molar-refractivity contribution in [2.24, 2.45) is 5.92 Å². The van der Waals surface area contributed by atoms with Gasteiger partial charge in [0.05, 0.1) is 11.1 Å². The molecule has 0 atom stereocenters. The standard InChI is InChI=1S/C18H23NO2/c1-13(2)7-6-8-14(3)11-12-19-17(20)15-9-4-5-10-16(15)18(19)21/h4-5,9-11,13H,6-8,12H2,1-3H3. The Hall–Kier alpha value is -1.90. The van der Waals surface area contributed by atoms with Crippen LogP contribution in [0.1, 0.15) is 60.7 Å². The fraction of sp³-hybridized carbons (Fsp3) is 0.444. The fourth-order valence-electron chi connectivity index (χ4n) is 2.54. The number of amides is 2. The molecule has 1 aromatic rings. The number of fused-ring (bicyclic) bond motifs is 1. The molecule has 0 radical (unpaired) electrons. The number of hydrogen-bond acceptors (Lipinski definition) is 2. The third-order valence-electron chi connectivity index (χ3n) is 3.85. The Kier molecular flexibility index (Phi) is 4.94. The Morgan fingerprint density at radius 3 is 2.24 bits per heavy atom. The van der Waals surface area contributed by atoms with Gasteiger partial charge in [-0.15, -0.1) is 0 Å². The van der Waals surface area contributed by atoms with E-state index in [4.69, 9.17) is 0 Å². The zero-order valence-electron chi connectivity index (χ0n) is 13.1. The van der Waals surface area contributed by atoms with Crippen LogP contribution >= 0.6 is 0 Å². The molecule has 112 valence electrons. The average molecular weight is 285 g/mol. The lowest BCUT2D eigenvalue weighted by molar-refractivity contribution is 0.0672. The third-order valence-corrected chi connectivity index (χ3v) is 3.85. The monoisotopic (exact) mass is 285 g/mol. The van der Waals surface area contributed by atoms with Crippen LogP contribution < -0.4 is 0 Å². The number of allylic oxidation sites excluding steroid dienone is 1. The molecule has 1 aliphatic heterocycles. The van der Waals surface area contributed by atoms with Crippen molar-refractivity contribution in [2.45, 2.75) is 40.0 Å². The molecule has 0 aliphatic carbocycles. The lowest BCUT2D eigenvalue weighted by Gasteiger charge is -2.12. The zero-order chi connectivity index (χ0) is 15.4. The maximum absolute atomic E-state index is 12.2. The van der Waals surface area contributed by atoms with E-state index in [1.807, 2.05) is 6.08 Å². The van der Waals surface area contributed by atoms with Crippen LogP contribution in [0, 0.1) is 5.92 Å². The molecule has 0 saturated carbocycles. The maximum Gasteiger partial charge on any atom is 0.261 e. The van der Waals surface area contributed by atoms with Gasteiger partial charge in [-0.2, -0.15) is 0 Å². The summed E-state index contributed by atoms with van der Waals surface area (Å²) in [5, 5.41) is 0. The van der Waals surface area contributed by atoms with Gasteiger partial charge in [-0.1, -0.05) is 44.1 Å². The van der Waals surface area contributed by atoms with Crippen molar-refractivity contribution in [2.75, 3.05) is 6.54 Å². The van der Waals surface area contributed by atoms with E-state index in [-0.39, 0.29) is 11.8 Å². The van der Waals surface area contributed by atoms with Gasteiger partial charge < -0.3 is 0 Å². The van der Waals surface area contributed by atoms with Gasteiger partial charge in [0, 0.05) is 6.54 Å². The highest BCUT2D eigenvalue weighted by molar-refractivity contribution is 6.21. The van der Waals surface area contributed by atoms with Crippen molar-refractivity contribution < 1.29 is 9.59 Å². The van der Waals surface area contributed by atoms with Crippen LogP contribution in [-0.4, -0.2) is 23.3 Å². The van der Waals surface area contributed by atoms with Gasteiger partial charge >= 0.3 is 0 Å². The summed E-state index contributed by atoms with van der Waals surface area (Å²) in [7, 11) is 0. The van der Waals surface area contributed by atoms with Crippen LogP contribution in [0.2, 0.25) is 0 Å². The molecule has 0 bridgehead atoms. The number of rotatable bonds is 6. The van der Waals surface area contributed by atoms with E-state index in [9.17, 15) is 9.59 Å². The number of benzene rings is 1. The average Bonchev–Trinajstić information content (AvgIpc) is 2.69. The number of carbonyl (C=O) groups excluding carboxylic acids is 2. The van der Waals surface area contributed by atoms with E-state index >= 15 is 0 Å². The molecule has 2 amide bonds. The van der Waals surface area contributed by atoms with Crippen molar-refractivity contribution in [3.05, 3.63) is 47.0 Å². The number of nitrogens with zero attached hydrogens (tertiary/aromatic N) is 1. The van der Waals surface area contributed by atoms with Crippen LogP contribution in [0.15, 0.2) is 35.9 Å². The largest absolute Gasteiger partial charge is 0.270 e. The van der Waals surface area contributed by atoms with E-state index in [1.54, 1.807) is 24.3 Å². The van der Waals surface area contributed by atoms with Gasteiger partial charge in [0.2, 0.25) is 0 Å². The fourth-order valence-corrected chi connectivity index (χ4v) is 2.54. The highest BCUT2D eigenvalue weighted by Gasteiger charge is 2.34. The Labute approximate surface area is 126 Å². The first-order chi connectivity index (χ1) is 10.0. The molecule has 1 aliphatic rings. The van der Waals surface area contributed by atoms with Gasteiger partial charge in [-0.25, -0.2) is 0 Å². The molecule has 1 heterocycles. The van der Waals surface area contributed by atoms with E-state index < -0.39 is 0 Å². The van der Waals surface area contributed by atoms with Crippen LogP contribution in [0.4, 0.5) is 0 Å². The highest BCUT2D eigenvalue weighted by Crippen LogP contribution is 2.22.